The Morgan fingerprint density at radius 1 is 1.60 bits per heavy atom. The third-order valence-electron chi connectivity index (χ3n) is 2.63. The fourth-order valence-electron chi connectivity index (χ4n) is 1.74. The summed E-state index contributed by atoms with van der Waals surface area (Å²) >= 11 is 0. The van der Waals surface area contributed by atoms with E-state index in [-0.39, 0.29) is 17.7 Å². The zero-order chi connectivity index (χ0) is 14.7. The first-order chi connectivity index (χ1) is 9.56. The molecule has 0 aliphatic heterocycles. The molecule has 0 aliphatic carbocycles. The van der Waals surface area contributed by atoms with Crippen molar-refractivity contribution in [2.75, 3.05) is 6.61 Å². The van der Waals surface area contributed by atoms with E-state index in [0.29, 0.717) is 11.4 Å². The van der Waals surface area contributed by atoms with Gasteiger partial charge in [-0.1, -0.05) is 0 Å². The number of carbonyl (C=O) groups is 1. The van der Waals surface area contributed by atoms with Crippen molar-refractivity contribution in [3.63, 3.8) is 0 Å². The molecule has 7 nitrogen and oxygen atoms in total. The average molecular weight is 272 g/mol. The summed E-state index contributed by atoms with van der Waals surface area (Å²) in [5.74, 6) is -0.702. The van der Waals surface area contributed by atoms with Crippen LogP contribution >= 0.6 is 0 Å². The van der Waals surface area contributed by atoms with Crippen LogP contribution in [0.1, 0.15) is 22.8 Å². The first-order valence-electron chi connectivity index (χ1n) is 5.91. The van der Waals surface area contributed by atoms with E-state index in [4.69, 9.17) is 10.00 Å². The zero-order valence-electron chi connectivity index (χ0n) is 11.0. The zero-order valence-corrected chi connectivity index (χ0v) is 11.0. The minimum atomic E-state index is -0.702. The van der Waals surface area contributed by atoms with Crippen molar-refractivity contribution in [2.24, 2.45) is 7.05 Å². The molecule has 0 saturated heterocycles. The largest absolute Gasteiger partial charge is 0.462 e. The Balaban J connectivity index is 2.61. The average Bonchev–Trinajstić information content (AvgIpc) is 2.84. The molecule has 20 heavy (non-hydrogen) atoms. The summed E-state index contributed by atoms with van der Waals surface area (Å²) in [6.07, 6.45) is 1.70. The molecule has 2 aromatic rings. The Morgan fingerprint density at radius 2 is 2.35 bits per heavy atom. The van der Waals surface area contributed by atoms with Crippen LogP contribution < -0.4 is 5.56 Å². The summed E-state index contributed by atoms with van der Waals surface area (Å²) in [5, 5.41) is 13.1. The van der Waals surface area contributed by atoms with Crippen molar-refractivity contribution in [1.82, 2.24) is 14.8 Å². The smallest absolute Gasteiger partial charge is 0.339 e. The van der Waals surface area contributed by atoms with Gasteiger partial charge in [0.1, 0.15) is 17.3 Å². The molecule has 0 amide bonds. The van der Waals surface area contributed by atoms with E-state index in [0.717, 1.165) is 0 Å². The molecule has 102 valence electrons. The van der Waals surface area contributed by atoms with Crippen LogP contribution in [0.4, 0.5) is 0 Å². The van der Waals surface area contributed by atoms with E-state index in [1.807, 2.05) is 0 Å². The molecule has 1 N–H and O–H groups in total. The molecular formula is C13H12N4O3. The number of pyridine rings is 1. The van der Waals surface area contributed by atoms with E-state index in [2.05, 4.69) is 10.1 Å². The second-order valence-corrected chi connectivity index (χ2v) is 4.01. The monoisotopic (exact) mass is 272 g/mol. The summed E-state index contributed by atoms with van der Waals surface area (Å²) in [6, 6.07) is 4.81. The van der Waals surface area contributed by atoms with Crippen LogP contribution in [-0.4, -0.2) is 27.3 Å². The highest BCUT2D eigenvalue weighted by molar-refractivity contribution is 5.93. The number of ether oxygens (including phenoxy) is 1. The van der Waals surface area contributed by atoms with Gasteiger partial charge in [0.25, 0.3) is 5.56 Å². The normalized spacial score (nSPS) is 10.1. The van der Waals surface area contributed by atoms with Crippen LogP contribution in [0.2, 0.25) is 0 Å². The molecule has 0 saturated carbocycles. The maximum Gasteiger partial charge on any atom is 0.339 e. The van der Waals surface area contributed by atoms with E-state index in [1.165, 1.54) is 6.07 Å². The lowest BCUT2D eigenvalue weighted by atomic mass is 10.1. The second kappa shape index (κ2) is 5.40. The van der Waals surface area contributed by atoms with Gasteiger partial charge in [0.2, 0.25) is 0 Å². The van der Waals surface area contributed by atoms with Crippen molar-refractivity contribution in [1.29, 1.82) is 5.26 Å². The van der Waals surface area contributed by atoms with E-state index < -0.39 is 11.5 Å². The van der Waals surface area contributed by atoms with Crippen molar-refractivity contribution in [3.05, 3.63) is 39.8 Å². The van der Waals surface area contributed by atoms with Crippen molar-refractivity contribution in [2.45, 2.75) is 6.92 Å². The van der Waals surface area contributed by atoms with Crippen LogP contribution in [0.25, 0.3) is 11.4 Å². The third kappa shape index (κ3) is 2.44. The second-order valence-electron chi connectivity index (χ2n) is 4.01. The van der Waals surface area contributed by atoms with Gasteiger partial charge in [0.15, 0.2) is 0 Å². The van der Waals surface area contributed by atoms with Crippen LogP contribution in [0.15, 0.2) is 23.1 Å². The molecule has 7 heteroatoms. The summed E-state index contributed by atoms with van der Waals surface area (Å²) in [7, 11) is 1.73. The van der Waals surface area contributed by atoms with Gasteiger partial charge in [-0.25, -0.2) is 4.79 Å². The fraction of sp³-hybridized carbons (Fsp3) is 0.231. The molecule has 0 bridgehead atoms. The van der Waals surface area contributed by atoms with Gasteiger partial charge in [-0.3, -0.25) is 9.48 Å². The number of nitriles is 1. The lowest BCUT2D eigenvalue weighted by Gasteiger charge is -2.05. The van der Waals surface area contributed by atoms with E-state index in [9.17, 15) is 9.59 Å². The molecule has 2 aromatic heterocycles. The Morgan fingerprint density at radius 3 is 2.90 bits per heavy atom. The SMILES string of the molecule is CCOC(=O)c1cc(-c2ccn(C)n2)[nH]c(=O)c1C#N. The number of rotatable bonds is 3. The molecule has 2 rings (SSSR count). The van der Waals surface area contributed by atoms with Gasteiger partial charge < -0.3 is 9.72 Å². The third-order valence-corrected chi connectivity index (χ3v) is 2.63. The van der Waals surface area contributed by atoms with Crippen LogP contribution in [0.5, 0.6) is 0 Å². The van der Waals surface area contributed by atoms with Gasteiger partial charge in [-0.15, -0.1) is 0 Å². The van der Waals surface area contributed by atoms with Gasteiger partial charge in [-0.2, -0.15) is 10.4 Å². The lowest BCUT2D eigenvalue weighted by Crippen LogP contribution is -2.18. The minimum absolute atomic E-state index is 0.0567. The van der Waals surface area contributed by atoms with E-state index >= 15 is 0 Å². The molecule has 0 spiro atoms. The quantitative estimate of drug-likeness (QED) is 0.834. The maximum atomic E-state index is 11.9. The van der Waals surface area contributed by atoms with Crippen molar-refractivity contribution < 1.29 is 9.53 Å². The number of aromatic amines is 1. The van der Waals surface area contributed by atoms with Gasteiger partial charge in [0, 0.05) is 13.2 Å². The Labute approximate surface area is 114 Å². The number of H-pyrrole nitrogens is 1. The molecule has 0 radical (unpaired) electrons. The van der Waals surface area contributed by atoms with Gasteiger partial charge in [0.05, 0.1) is 17.9 Å². The number of aryl methyl sites for hydroxylation is 1. The number of esters is 1. The summed E-state index contributed by atoms with van der Waals surface area (Å²) in [4.78, 5) is 26.2. The van der Waals surface area contributed by atoms with Gasteiger partial charge in [-0.05, 0) is 19.1 Å². The standard InChI is InChI=1S/C13H12N4O3/c1-3-20-13(19)8-6-11(10-4-5-17(2)16-10)15-12(18)9(8)7-14/h4-6H,3H2,1-2H3,(H,15,18). The highest BCUT2D eigenvalue weighted by atomic mass is 16.5. The van der Waals surface area contributed by atoms with Crippen LogP contribution in [0.3, 0.4) is 0 Å². The molecule has 2 heterocycles. The molecule has 0 aromatic carbocycles. The van der Waals surface area contributed by atoms with Crippen LogP contribution in [-0.2, 0) is 11.8 Å². The highest BCUT2D eigenvalue weighted by Crippen LogP contribution is 2.16. The first kappa shape index (κ1) is 13.5. The van der Waals surface area contributed by atoms with E-state index in [1.54, 1.807) is 37.0 Å². The van der Waals surface area contributed by atoms with Crippen LogP contribution in [0, 0.1) is 11.3 Å². The Hall–Kier alpha value is -2.88. The number of hydrogen-bond acceptors (Lipinski definition) is 5. The molecular weight excluding hydrogens is 260 g/mol. The fourth-order valence-corrected chi connectivity index (χ4v) is 1.74. The maximum absolute atomic E-state index is 11.9. The minimum Gasteiger partial charge on any atom is -0.462 e. The molecule has 0 aliphatic rings. The summed E-state index contributed by atoms with van der Waals surface area (Å²) < 4.78 is 6.42. The molecule has 0 atom stereocenters. The Bertz CT molecular complexity index is 752. The molecule has 0 unspecified atom stereocenters. The number of nitrogens with zero attached hydrogens (tertiary/aromatic N) is 3. The van der Waals surface area contributed by atoms with Gasteiger partial charge >= 0.3 is 5.97 Å². The summed E-state index contributed by atoms with van der Waals surface area (Å²) in [5.41, 5.74) is -0.0992. The summed E-state index contributed by atoms with van der Waals surface area (Å²) in [6.45, 7) is 1.81. The van der Waals surface area contributed by atoms with Crippen molar-refractivity contribution >= 4 is 5.97 Å². The van der Waals surface area contributed by atoms with Crippen molar-refractivity contribution in [3.8, 4) is 17.5 Å². The number of aromatic nitrogens is 3. The first-order valence-corrected chi connectivity index (χ1v) is 5.91. The number of carbonyl (C=O) groups excluding carboxylic acids is 1. The predicted molar refractivity (Wildman–Crippen MR) is 69.9 cm³/mol. The number of hydrogen-bond donors (Lipinski definition) is 1. The topological polar surface area (TPSA) is 101 Å². The predicted octanol–water partition coefficient (Wildman–Crippen LogP) is 0.824. The Kier molecular flexibility index (Phi) is 3.66. The lowest BCUT2D eigenvalue weighted by molar-refractivity contribution is 0.0525. The molecule has 0 fully saturated rings. The highest BCUT2D eigenvalue weighted by Gasteiger charge is 2.18. The number of nitrogens with one attached hydrogen (secondary N) is 1.